The van der Waals surface area contributed by atoms with E-state index in [0.717, 1.165) is 11.1 Å². The van der Waals surface area contributed by atoms with Crippen LogP contribution in [0.5, 0.6) is 0 Å². The van der Waals surface area contributed by atoms with Crippen molar-refractivity contribution in [2.75, 3.05) is 0 Å². The van der Waals surface area contributed by atoms with Crippen LogP contribution in [0.25, 0.3) is 0 Å². The maximum atomic E-state index is 11.6. The van der Waals surface area contributed by atoms with Gasteiger partial charge in [0, 0.05) is 12.0 Å². The molecule has 0 spiro atoms. The van der Waals surface area contributed by atoms with Crippen molar-refractivity contribution in [2.24, 2.45) is 5.92 Å². The topological polar surface area (TPSA) is 26.3 Å². The zero-order chi connectivity index (χ0) is 11.5. The molecule has 84 valence electrons. The molecule has 1 fully saturated rings. The van der Waals surface area contributed by atoms with Gasteiger partial charge in [-0.2, -0.15) is 0 Å². The molecule has 1 heterocycles. The molecule has 0 amide bonds. The second-order valence-electron chi connectivity index (χ2n) is 4.44. The first kappa shape index (κ1) is 10.9. The summed E-state index contributed by atoms with van der Waals surface area (Å²) in [5, 5.41) is 0. The van der Waals surface area contributed by atoms with E-state index in [4.69, 9.17) is 4.74 Å². The normalized spacial score (nSPS) is 22.8. The highest BCUT2D eigenvalue weighted by Crippen LogP contribution is 2.33. The summed E-state index contributed by atoms with van der Waals surface area (Å²) in [5.41, 5.74) is 1.88. The van der Waals surface area contributed by atoms with Gasteiger partial charge in [-0.1, -0.05) is 50.3 Å². The molecule has 0 aromatic heterocycles. The molecule has 0 bridgehead atoms. The van der Waals surface area contributed by atoms with Crippen LogP contribution in [0.2, 0.25) is 0 Å². The summed E-state index contributed by atoms with van der Waals surface area (Å²) in [6.07, 6.45) is 2.59. The van der Waals surface area contributed by atoms with Gasteiger partial charge in [0.2, 0.25) is 0 Å². The molecule has 1 atom stereocenters. The van der Waals surface area contributed by atoms with Crippen LogP contribution in [0.4, 0.5) is 0 Å². The molecule has 2 heteroatoms. The van der Waals surface area contributed by atoms with Crippen LogP contribution in [0.1, 0.15) is 31.9 Å². The summed E-state index contributed by atoms with van der Waals surface area (Å²) in [4.78, 5) is 11.6. The highest BCUT2D eigenvalue weighted by molar-refractivity contribution is 5.90. The minimum atomic E-state index is -0.164. The Hall–Kier alpha value is -1.57. The lowest BCUT2D eigenvalue weighted by Crippen LogP contribution is -1.98. The van der Waals surface area contributed by atoms with E-state index >= 15 is 0 Å². The zero-order valence-electron chi connectivity index (χ0n) is 9.64. The van der Waals surface area contributed by atoms with Gasteiger partial charge >= 0.3 is 5.97 Å². The molecule has 1 aromatic rings. The van der Waals surface area contributed by atoms with Crippen molar-refractivity contribution in [1.82, 2.24) is 0 Å². The Morgan fingerprint density at radius 2 is 2.00 bits per heavy atom. The summed E-state index contributed by atoms with van der Waals surface area (Å²) in [5.74, 6) is 0.222. The predicted molar refractivity (Wildman–Crippen MR) is 62.8 cm³/mol. The first-order valence-electron chi connectivity index (χ1n) is 5.63. The monoisotopic (exact) mass is 216 g/mol. The van der Waals surface area contributed by atoms with Crippen LogP contribution in [-0.4, -0.2) is 5.97 Å². The lowest BCUT2D eigenvalue weighted by atomic mass is 10.0. The summed E-state index contributed by atoms with van der Waals surface area (Å²) in [7, 11) is 0. The number of hydrogen-bond acceptors (Lipinski definition) is 2. The SMILES string of the molecule is CC(C)/C=C1/CC(c2ccccc2)OC1=O. The third kappa shape index (κ3) is 2.32. The maximum absolute atomic E-state index is 11.6. The number of ether oxygens (including phenoxy) is 1. The molecule has 0 aliphatic carbocycles. The minimum absolute atomic E-state index is 0.0984. The molecular formula is C14H16O2. The van der Waals surface area contributed by atoms with Gasteiger partial charge in [0.15, 0.2) is 0 Å². The van der Waals surface area contributed by atoms with Gasteiger partial charge in [-0.05, 0) is 11.5 Å². The zero-order valence-corrected chi connectivity index (χ0v) is 9.64. The van der Waals surface area contributed by atoms with Crippen molar-refractivity contribution in [3.63, 3.8) is 0 Å². The smallest absolute Gasteiger partial charge is 0.334 e. The molecule has 1 saturated heterocycles. The van der Waals surface area contributed by atoms with E-state index in [1.54, 1.807) is 0 Å². The summed E-state index contributed by atoms with van der Waals surface area (Å²) in [6.45, 7) is 4.13. The highest BCUT2D eigenvalue weighted by atomic mass is 16.5. The van der Waals surface area contributed by atoms with Crippen molar-refractivity contribution in [3.8, 4) is 0 Å². The van der Waals surface area contributed by atoms with Gasteiger partial charge in [0.05, 0.1) is 0 Å². The summed E-state index contributed by atoms with van der Waals surface area (Å²) < 4.78 is 5.35. The Labute approximate surface area is 95.9 Å². The van der Waals surface area contributed by atoms with Crippen LogP contribution >= 0.6 is 0 Å². The van der Waals surface area contributed by atoms with Gasteiger partial charge in [-0.3, -0.25) is 0 Å². The Kier molecular flexibility index (Phi) is 3.09. The molecule has 1 unspecified atom stereocenters. The fourth-order valence-electron chi connectivity index (χ4n) is 1.92. The fraction of sp³-hybridized carbons (Fsp3) is 0.357. The van der Waals surface area contributed by atoms with Gasteiger partial charge < -0.3 is 4.74 Å². The quantitative estimate of drug-likeness (QED) is 0.560. The third-order valence-corrected chi connectivity index (χ3v) is 2.62. The second-order valence-corrected chi connectivity index (χ2v) is 4.44. The number of rotatable bonds is 2. The van der Waals surface area contributed by atoms with Gasteiger partial charge in [-0.15, -0.1) is 0 Å². The Balaban J connectivity index is 2.16. The predicted octanol–water partition coefficient (Wildman–Crippen LogP) is 3.26. The second kappa shape index (κ2) is 4.52. The number of carbonyl (C=O) groups is 1. The molecule has 1 aliphatic rings. The van der Waals surface area contributed by atoms with Crippen LogP contribution in [0.15, 0.2) is 42.0 Å². The standard InChI is InChI=1S/C14H16O2/c1-10(2)8-12-9-13(16-14(12)15)11-6-4-3-5-7-11/h3-8,10,13H,9H2,1-2H3/b12-8-. The van der Waals surface area contributed by atoms with Crippen LogP contribution in [0, 0.1) is 5.92 Å². The maximum Gasteiger partial charge on any atom is 0.334 e. The number of benzene rings is 1. The van der Waals surface area contributed by atoms with Gasteiger partial charge in [0.25, 0.3) is 0 Å². The summed E-state index contributed by atoms with van der Waals surface area (Å²) >= 11 is 0. The molecule has 16 heavy (non-hydrogen) atoms. The van der Waals surface area contributed by atoms with E-state index in [0.29, 0.717) is 12.3 Å². The van der Waals surface area contributed by atoms with Gasteiger partial charge in [0.1, 0.15) is 6.10 Å². The van der Waals surface area contributed by atoms with Crippen molar-refractivity contribution in [2.45, 2.75) is 26.4 Å². The average Bonchev–Trinajstić information content (AvgIpc) is 2.61. The number of allylic oxidation sites excluding steroid dienone is 1. The van der Waals surface area contributed by atoms with E-state index in [1.807, 2.05) is 36.4 Å². The van der Waals surface area contributed by atoms with E-state index in [1.165, 1.54) is 0 Å². The number of hydrogen-bond donors (Lipinski definition) is 0. The van der Waals surface area contributed by atoms with Crippen molar-refractivity contribution in [3.05, 3.63) is 47.5 Å². The largest absolute Gasteiger partial charge is 0.454 e. The molecule has 0 saturated carbocycles. The molecule has 2 nitrogen and oxygen atoms in total. The van der Waals surface area contributed by atoms with E-state index in [9.17, 15) is 4.79 Å². The van der Waals surface area contributed by atoms with E-state index < -0.39 is 0 Å². The van der Waals surface area contributed by atoms with E-state index in [-0.39, 0.29) is 12.1 Å². The molecule has 1 aromatic carbocycles. The lowest BCUT2D eigenvalue weighted by Gasteiger charge is -2.07. The number of carbonyl (C=O) groups excluding carboxylic acids is 1. The number of cyclic esters (lactones) is 1. The van der Waals surface area contributed by atoms with Crippen molar-refractivity contribution < 1.29 is 9.53 Å². The minimum Gasteiger partial charge on any atom is -0.454 e. The molecule has 0 radical (unpaired) electrons. The van der Waals surface area contributed by atoms with Crippen LogP contribution < -0.4 is 0 Å². The van der Waals surface area contributed by atoms with Crippen LogP contribution in [0.3, 0.4) is 0 Å². The molecule has 1 aliphatic heterocycles. The molecular weight excluding hydrogens is 200 g/mol. The average molecular weight is 216 g/mol. The molecule has 2 rings (SSSR count). The first-order chi connectivity index (χ1) is 7.66. The van der Waals surface area contributed by atoms with E-state index in [2.05, 4.69) is 13.8 Å². The summed E-state index contributed by atoms with van der Waals surface area (Å²) in [6, 6.07) is 9.89. The Bertz CT molecular complexity index is 404. The Morgan fingerprint density at radius 3 is 2.62 bits per heavy atom. The van der Waals surface area contributed by atoms with Gasteiger partial charge in [-0.25, -0.2) is 4.79 Å². The third-order valence-electron chi connectivity index (χ3n) is 2.62. The fourth-order valence-corrected chi connectivity index (χ4v) is 1.92. The van der Waals surface area contributed by atoms with Crippen LogP contribution in [-0.2, 0) is 9.53 Å². The van der Waals surface area contributed by atoms with Crippen molar-refractivity contribution >= 4 is 5.97 Å². The highest BCUT2D eigenvalue weighted by Gasteiger charge is 2.29. The first-order valence-corrected chi connectivity index (χ1v) is 5.63. The Morgan fingerprint density at radius 1 is 1.31 bits per heavy atom. The van der Waals surface area contributed by atoms with Crippen molar-refractivity contribution in [1.29, 1.82) is 0 Å². The molecule has 0 N–H and O–H groups in total. The lowest BCUT2D eigenvalue weighted by molar-refractivity contribution is -0.139. The number of esters is 1.